The van der Waals surface area contributed by atoms with Crippen LogP contribution < -0.4 is 29.9 Å². The fourth-order valence-electron chi connectivity index (χ4n) is 6.46. The van der Waals surface area contributed by atoms with E-state index in [1.807, 2.05) is 5.38 Å². The van der Waals surface area contributed by atoms with Gasteiger partial charge in [-0.25, -0.2) is 14.8 Å². The molecule has 1 aromatic carbocycles. The van der Waals surface area contributed by atoms with Gasteiger partial charge in [-0.1, -0.05) is 49.0 Å². The number of urea groups is 1. The molecule has 0 saturated heterocycles. The van der Waals surface area contributed by atoms with Gasteiger partial charge in [0, 0.05) is 41.5 Å². The summed E-state index contributed by atoms with van der Waals surface area (Å²) in [5.41, 5.74) is 0.958. The first kappa shape index (κ1) is 31.4. The number of hydrogen-bond acceptors (Lipinski definition) is 9. The van der Waals surface area contributed by atoms with Crippen LogP contribution in [0.15, 0.2) is 36.5 Å². The lowest BCUT2D eigenvalue weighted by Gasteiger charge is -2.43. The first-order valence-electron chi connectivity index (χ1n) is 14.9. The van der Waals surface area contributed by atoms with Crippen molar-refractivity contribution < 1.29 is 19.1 Å². The summed E-state index contributed by atoms with van der Waals surface area (Å²) in [4.78, 5) is 43.6. The SMILES string of the molecule is C=CC(=O)N[C@@H]1CCC(C2CCC2)C[C@@H]1Nc1ncc2c(n1)N(Cc1nccs1)C(=O)N(c1c(Cl)c(OC)cc(OC)c1Cl)C2. The Bertz CT molecular complexity index is 1560. The highest BCUT2D eigenvalue weighted by Gasteiger charge is 2.39. The number of carbonyl (C=O) groups excluding carboxylic acids is 2. The van der Waals surface area contributed by atoms with Gasteiger partial charge in [-0.3, -0.25) is 14.6 Å². The van der Waals surface area contributed by atoms with E-state index < -0.39 is 0 Å². The molecular weight excluding hydrogens is 637 g/mol. The molecule has 0 bridgehead atoms. The molecule has 2 saturated carbocycles. The van der Waals surface area contributed by atoms with Crippen molar-refractivity contribution in [3.05, 3.63) is 57.1 Å². The monoisotopic (exact) mass is 671 g/mol. The van der Waals surface area contributed by atoms with Gasteiger partial charge in [0.25, 0.3) is 0 Å². The number of hydrogen-bond donors (Lipinski definition) is 2. The number of halogens is 2. The fraction of sp³-hybridized carbons (Fsp3) is 0.452. The van der Waals surface area contributed by atoms with Gasteiger partial charge in [0.2, 0.25) is 11.9 Å². The molecule has 6 rings (SSSR count). The predicted molar refractivity (Wildman–Crippen MR) is 176 cm³/mol. The van der Waals surface area contributed by atoms with Crippen molar-refractivity contribution in [2.45, 2.75) is 63.7 Å². The third kappa shape index (κ3) is 6.28. The maximum atomic E-state index is 14.3. The molecule has 1 unspecified atom stereocenters. The van der Waals surface area contributed by atoms with Gasteiger partial charge >= 0.3 is 6.03 Å². The van der Waals surface area contributed by atoms with Crippen molar-refractivity contribution in [2.24, 2.45) is 11.8 Å². The Balaban J connectivity index is 1.35. The molecule has 2 N–H and O–H groups in total. The van der Waals surface area contributed by atoms with Gasteiger partial charge in [-0.15, -0.1) is 11.3 Å². The maximum Gasteiger partial charge on any atom is 0.330 e. The molecule has 3 atom stereocenters. The molecule has 45 heavy (non-hydrogen) atoms. The number of ether oxygens (including phenoxy) is 2. The molecule has 14 heteroatoms. The number of fused-ring (bicyclic) bond motifs is 1. The van der Waals surface area contributed by atoms with Gasteiger partial charge in [0.05, 0.1) is 33.0 Å². The zero-order chi connectivity index (χ0) is 31.7. The minimum atomic E-state index is -0.389. The number of carbonyl (C=O) groups is 2. The fourth-order valence-corrected chi connectivity index (χ4v) is 7.77. The van der Waals surface area contributed by atoms with Crippen molar-refractivity contribution in [1.29, 1.82) is 0 Å². The molecule has 2 fully saturated rings. The van der Waals surface area contributed by atoms with Crippen LogP contribution in [0, 0.1) is 11.8 Å². The van der Waals surface area contributed by atoms with E-state index in [1.54, 1.807) is 23.4 Å². The molecule has 2 aliphatic carbocycles. The summed E-state index contributed by atoms with van der Waals surface area (Å²) in [7, 11) is 2.97. The van der Waals surface area contributed by atoms with E-state index in [2.05, 4.69) is 27.2 Å². The summed E-state index contributed by atoms with van der Waals surface area (Å²) in [5, 5.41) is 9.56. The molecule has 2 aromatic heterocycles. The number of nitrogens with zero attached hydrogens (tertiary/aromatic N) is 5. The molecule has 0 spiro atoms. The zero-order valence-corrected chi connectivity index (χ0v) is 27.4. The lowest BCUT2D eigenvalue weighted by Crippen LogP contribution is -2.51. The third-order valence-corrected chi connectivity index (χ3v) is 10.5. The minimum Gasteiger partial charge on any atom is -0.495 e. The molecular formula is C31H35Cl2N7O4S. The van der Waals surface area contributed by atoms with E-state index >= 15 is 0 Å². The standard InChI is InChI=1S/C31H35Cl2N7O4S/c1-4-24(41)36-20-9-8-18(17-6-5-7-17)12-21(20)37-30-35-14-19-15-39(28-26(32)22(43-2)13-23(44-3)27(28)33)31(42)40(29(19)38-30)16-25-34-10-11-45-25/h4,10-11,13-14,17-18,20-21H,1,5-9,12,15-16H2,2-3H3,(H,36,41)(H,35,37,38)/t18?,20-,21+/m1/s1. The van der Waals surface area contributed by atoms with Gasteiger partial charge in [0.15, 0.2) is 0 Å². The molecule has 3 aliphatic rings. The Labute approximate surface area is 275 Å². The molecule has 11 nitrogen and oxygen atoms in total. The lowest BCUT2D eigenvalue weighted by atomic mass is 9.68. The summed E-state index contributed by atoms with van der Waals surface area (Å²) in [6, 6.07) is 1.02. The van der Waals surface area contributed by atoms with E-state index in [4.69, 9.17) is 37.7 Å². The van der Waals surface area contributed by atoms with Crippen LogP contribution in [0.1, 0.15) is 49.1 Å². The Morgan fingerprint density at radius 2 is 1.87 bits per heavy atom. The summed E-state index contributed by atoms with van der Waals surface area (Å²) in [6.45, 7) is 3.91. The highest BCUT2D eigenvalue weighted by atomic mass is 35.5. The maximum absolute atomic E-state index is 14.3. The van der Waals surface area contributed by atoms with Crippen LogP contribution in [0.3, 0.4) is 0 Å². The van der Waals surface area contributed by atoms with Crippen molar-refractivity contribution >= 4 is 63.9 Å². The van der Waals surface area contributed by atoms with E-state index in [1.165, 1.54) is 55.8 Å². The van der Waals surface area contributed by atoms with Crippen LogP contribution in [0.5, 0.6) is 11.5 Å². The Kier molecular flexibility index (Phi) is 9.34. The first-order valence-corrected chi connectivity index (χ1v) is 16.6. The molecule has 3 aromatic rings. The molecule has 0 radical (unpaired) electrons. The van der Waals surface area contributed by atoms with Crippen LogP contribution >= 0.6 is 34.5 Å². The lowest BCUT2D eigenvalue weighted by molar-refractivity contribution is -0.117. The number of methoxy groups -OCH3 is 2. The Morgan fingerprint density at radius 1 is 1.11 bits per heavy atom. The number of anilines is 3. The van der Waals surface area contributed by atoms with Crippen LogP contribution in [0.2, 0.25) is 10.0 Å². The Hall–Kier alpha value is -3.61. The molecule has 238 valence electrons. The van der Waals surface area contributed by atoms with Crippen LogP contribution in [0.25, 0.3) is 0 Å². The quantitative estimate of drug-likeness (QED) is 0.236. The average Bonchev–Trinajstić information content (AvgIpc) is 3.53. The van der Waals surface area contributed by atoms with Gasteiger partial charge in [0.1, 0.15) is 32.4 Å². The number of rotatable bonds is 10. The smallest absolute Gasteiger partial charge is 0.330 e. The summed E-state index contributed by atoms with van der Waals surface area (Å²) < 4.78 is 10.9. The van der Waals surface area contributed by atoms with Crippen molar-refractivity contribution in [3.8, 4) is 11.5 Å². The van der Waals surface area contributed by atoms with Crippen molar-refractivity contribution in [3.63, 3.8) is 0 Å². The van der Waals surface area contributed by atoms with E-state index in [0.29, 0.717) is 34.7 Å². The predicted octanol–water partition coefficient (Wildman–Crippen LogP) is 6.46. The van der Waals surface area contributed by atoms with Crippen LogP contribution in [-0.2, 0) is 17.9 Å². The Morgan fingerprint density at radius 3 is 2.49 bits per heavy atom. The van der Waals surface area contributed by atoms with E-state index in [9.17, 15) is 9.59 Å². The van der Waals surface area contributed by atoms with Crippen molar-refractivity contribution in [2.75, 3.05) is 29.3 Å². The summed E-state index contributed by atoms with van der Waals surface area (Å²) in [5.74, 6) is 2.59. The van der Waals surface area contributed by atoms with Gasteiger partial charge in [-0.2, -0.15) is 4.98 Å². The summed E-state index contributed by atoms with van der Waals surface area (Å²) in [6.07, 6.45) is 11.3. The van der Waals surface area contributed by atoms with Gasteiger partial charge < -0.3 is 20.1 Å². The highest BCUT2D eigenvalue weighted by molar-refractivity contribution is 7.09. The van der Waals surface area contributed by atoms with E-state index in [0.717, 1.165) is 30.2 Å². The van der Waals surface area contributed by atoms with Crippen LogP contribution in [0.4, 0.5) is 22.2 Å². The average molecular weight is 673 g/mol. The zero-order valence-electron chi connectivity index (χ0n) is 25.1. The van der Waals surface area contributed by atoms with Crippen LogP contribution in [-0.4, -0.2) is 53.2 Å². The van der Waals surface area contributed by atoms with E-state index in [-0.39, 0.29) is 52.8 Å². The van der Waals surface area contributed by atoms with Crippen molar-refractivity contribution in [1.82, 2.24) is 20.3 Å². The minimum absolute atomic E-state index is 0.0728. The number of nitrogens with one attached hydrogen (secondary N) is 2. The second-order valence-electron chi connectivity index (χ2n) is 11.5. The number of amides is 3. The second-order valence-corrected chi connectivity index (χ2v) is 13.3. The topological polar surface area (TPSA) is 122 Å². The first-order chi connectivity index (χ1) is 21.8. The summed E-state index contributed by atoms with van der Waals surface area (Å²) >= 11 is 14.9. The largest absolute Gasteiger partial charge is 0.495 e. The van der Waals surface area contributed by atoms with Gasteiger partial charge in [-0.05, 0) is 37.2 Å². The molecule has 3 amide bonds. The highest BCUT2D eigenvalue weighted by Crippen LogP contribution is 2.48. The second kappa shape index (κ2) is 13.4. The third-order valence-electron chi connectivity index (χ3n) is 9.02. The number of benzene rings is 1. The number of aromatic nitrogens is 3. The molecule has 3 heterocycles. The molecule has 1 aliphatic heterocycles. The number of thiazole rings is 1. The normalized spacial score (nSPS) is 21.5.